The third-order valence-electron chi connectivity index (χ3n) is 5.55. The number of amides is 1. The molecule has 1 aromatic carbocycles. The molecule has 0 aliphatic carbocycles. The molecule has 0 atom stereocenters. The Kier molecular flexibility index (Phi) is 5.06. The molecule has 2 aliphatic rings. The summed E-state index contributed by atoms with van der Waals surface area (Å²) in [5.74, 6) is 0.352. The molecular formula is C21H22ClN5O3. The Labute approximate surface area is 178 Å². The number of ether oxygens (including phenoxy) is 2. The van der Waals surface area contributed by atoms with E-state index in [0.717, 1.165) is 55.2 Å². The molecule has 1 amide bonds. The van der Waals surface area contributed by atoms with Gasteiger partial charge in [0, 0.05) is 42.2 Å². The summed E-state index contributed by atoms with van der Waals surface area (Å²) in [6.07, 6.45) is -0.364. The summed E-state index contributed by atoms with van der Waals surface area (Å²) in [7, 11) is 0. The van der Waals surface area contributed by atoms with Crippen molar-refractivity contribution in [2.75, 3.05) is 39.4 Å². The minimum absolute atomic E-state index is 0.352. The fourth-order valence-corrected chi connectivity index (χ4v) is 3.97. The largest absolute Gasteiger partial charge is 0.416 e. The molecule has 0 N–H and O–H groups in total. The summed E-state index contributed by atoms with van der Waals surface area (Å²) in [5, 5.41) is 6.23. The minimum atomic E-state index is -0.364. The lowest BCUT2D eigenvalue weighted by Crippen LogP contribution is -2.45. The molecule has 0 saturated carbocycles. The second kappa shape index (κ2) is 7.86. The van der Waals surface area contributed by atoms with Gasteiger partial charge < -0.3 is 14.4 Å². The first kappa shape index (κ1) is 19.3. The van der Waals surface area contributed by atoms with E-state index in [1.165, 1.54) is 0 Å². The molecule has 5 rings (SSSR count). The average molecular weight is 428 g/mol. The molecule has 0 radical (unpaired) electrons. The molecule has 9 heteroatoms. The SMILES string of the molecule is Cc1nn(-c2ccc(Cl)cc2)c2nc3c(cc12)CN(CCN1CCOCC1)C(=O)O3. The number of fused-ring (bicyclic) bond motifs is 2. The summed E-state index contributed by atoms with van der Waals surface area (Å²) in [5.41, 5.74) is 3.26. The number of halogens is 1. The number of hydrogen-bond donors (Lipinski definition) is 0. The van der Waals surface area contributed by atoms with Crippen LogP contribution in [-0.2, 0) is 11.3 Å². The molecule has 1 saturated heterocycles. The van der Waals surface area contributed by atoms with Gasteiger partial charge in [0.15, 0.2) is 5.65 Å². The zero-order valence-electron chi connectivity index (χ0n) is 16.7. The lowest BCUT2D eigenvalue weighted by Gasteiger charge is -2.31. The summed E-state index contributed by atoms with van der Waals surface area (Å²) < 4.78 is 12.7. The van der Waals surface area contributed by atoms with Gasteiger partial charge in [-0.2, -0.15) is 10.1 Å². The van der Waals surface area contributed by atoms with Crippen LogP contribution < -0.4 is 4.74 Å². The first-order valence-electron chi connectivity index (χ1n) is 10.0. The van der Waals surface area contributed by atoms with Crippen molar-refractivity contribution in [3.05, 3.63) is 46.6 Å². The maximum absolute atomic E-state index is 12.5. The van der Waals surface area contributed by atoms with Crippen molar-refractivity contribution in [3.63, 3.8) is 0 Å². The van der Waals surface area contributed by atoms with E-state index >= 15 is 0 Å². The molecular weight excluding hydrogens is 406 g/mol. The maximum Gasteiger partial charge on any atom is 0.416 e. The molecule has 2 aliphatic heterocycles. The van der Waals surface area contributed by atoms with Crippen molar-refractivity contribution in [1.82, 2.24) is 24.6 Å². The van der Waals surface area contributed by atoms with Crippen LogP contribution in [0.3, 0.4) is 0 Å². The van der Waals surface area contributed by atoms with Gasteiger partial charge in [0.05, 0.1) is 31.1 Å². The van der Waals surface area contributed by atoms with E-state index in [2.05, 4.69) is 15.0 Å². The van der Waals surface area contributed by atoms with E-state index in [0.29, 0.717) is 29.6 Å². The highest BCUT2D eigenvalue weighted by Gasteiger charge is 2.28. The minimum Gasteiger partial charge on any atom is -0.391 e. The van der Waals surface area contributed by atoms with Crippen LogP contribution in [0.15, 0.2) is 30.3 Å². The zero-order chi connectivity index (χ0) is 20.7. The number of carbonyl (C=O) groups is 1. The van der Waals surface area contributed by atoms with Gasteiger partial charge in [0.1, 0.15) is 0 Å². The van der Waals surface area contributed by atoms with Crippen LogP contribution in [0.4, 0.5) is 4.79 Å². The van der Waals surface area contributed by atoms with Crippen LogP contribution >= 0.6 is 11.6 Å². The number of aryl methyl sites for hydroxylation is 1. The molecule has 0 bridgehead atoms. The van der Waals surface area contributed by atoms with E-state index in [1.807, 2.05) is 37.3 Å². The highest BCUT2D eigenvalue weighted by atomic mass is 35.5. The quantitative estimate of drug-likeness (QED) is 0.637. The fourth-order valence-electron chi connectivity index (χ4n) is 3.85. The molecule has 0 spiro atoms. The van der Waals surface area contributed by atoms with Crippen LogP contribution in [0.1, 0.15) is 11.3 Å². The van der Waals surface area contributed by atoms with Crippen molar-refractivity contribution < 1.29 is 14.3 Å². The van der Waals surface area contributed by atoms with Crippen molar-refractivity contribution in [3.8, 4) is 11.6 Å². The van der Waals surface area contributed by atoms with Gasteiger partial charge in [-0.3, -0.25) is 4.90 Å². The fraction of sp³-hybridized carbons (Fsp3) is 0.381. The molecule has 30 heavy (non-hydrogen) atoms. The van der Waals surface area contributed by atoms with E-state index in [4.69, 9.17) is 21.1 Å². The van der Waals surface area contributed by atoms with Gasteiger partial charge in [-0.15, -0.1) is 0 Å². The number of morpholine rings is 1. The maximum atomic E-state index is 12.5. The van der Waals surface area contributed by atoms with E-state index < -0.39 is 0 Å². The molecule has 3 aromatic rings. The van der Waals surface area contributed by atoms with Crippen LogP contribution in [0.25, 0.3) is 16.7 Å². The van der Waals surface area contributed by atoms with Gasteiger partial charge in [0.25, 0.3) is 0 Å². The Hall–Kier alpha value is -2.68. The van der Waals surface area contributed by atoms with Crippen LogP contribution in [0.5, 0.6) is 5.88 Å². The van der Waals surface area contributed by atoms with Crippen LogP contribution in [0, 0.1) is 6.92 Å². The van der Waals surface area contributed by atoms with Gasteiger partial charge in [0.2, 0.25) is 5.88 Å². The third-order valence-corrected chi connectivity index (χ3v) is 5.80. The van der Waals surface area contributed by atoms with Crippen molar-refractivity contribution in [2.24, 2.45) is 0 Å². The molecule has 8 nitrogen and oxygen atoms in total. The molecule has 4 heterocycles. The number of carbonyl (C=O) groups excluding carboxylic acids is 1. The smallest absolute Gasteiger partial charge is 0.391 e. The third kappa shape index (κ3) is 3.62. The Morgan fingerprint density at radius 2 is 1.90 bits per heavy atom. The van der Waals surface area contributed by atoms with E-state index in [9.17, 15) is 4.79 Å². The number of hydrogen-bond acceptors (Lipinski definition) is 6. The Balaban J connectivity index is 1.42. The van der Waals surface area contributed by atoms with Crippen LogP contribution in [-0.4, -0.2) is 70.1 Å². The first-order chi connectivity index (χ1) is 14.6. The summed E-state index contributed by atoms with van der Waals surface area (Å²) in [4.78, 5) is 21.2. The summed E-state index contributed by atoms with van der Waals surface area (Å²) in [6, 6.07) is 9.42. The Morgan fingerprint density at radius 3 is 2.67 bits per heavy atom. The van der Waals surface area contributed by atoms with Crippen molar-refractivity contribution in [2.45, 2.75) is 13.5 Å². The van der Waals surface area contributed by atoms with Gasteiger partial charge in [-0.1, -0.05) is 11.6 Å². The van der Waals surface area contributed by atoms with E-state index in [-0.39, 0.29) is 6.09 Å². The van der Waals surface area contributed by atoms with Crippen LogP contribution in [0.2, 0.25) is 5.02 Å². The van der Waals surface area contributed by atoms with E-state index in [1.54, 1.807) is 9.58 Å². The lowest BCUT2D eigenvalue weighted by atomic mass is 10.1. The predicted molar refractivity (Wildman–Crippen MR) is 112 cm³/mol. The second-order valence-electron chi connectivity index (χ2n) is 7.54. The van der Waals surface area contributed by atoms with Crippen molar-refractivity contribution in [1.29, 1.82) is 0 Å². The highest BCUT2D eigenvalue weighted by molar-refractivity contribution is 6.30. The summed E-state index contributed by atoms with van der Waals surface area (Å²) in [6.45, 7) is 7.12. The summed E-state index contributed by atoms with van der Waals surface area (Å²) >= 11 is 6.01. The number of rotatable bonds is 4. The first-order valence-corrected chi connectivity index (χ1v) is 10.4. The van der Waals surface area contributed by atoms with Crippen molar-refractivity contribution >= 4 is 28.7 Å². The Bertz CT molecular complexity index is 1090. The average Bonchev–Trinajstić information content (AvgIpc) is 3.07. The zero-order valence-corrected chi connectivity index (χ0v) is 17.4. The monoisotopic (exact) mass is 427 g/mol. The van der Waals surface area contributed by atoms with Gasteiger partial charge in [-0.05, 0) is 37.3 Å². The number of benzene rings is 1. The number of aromatic nitrogens is 3. The number of pyridine rings is 1. The highest BCUT2D eigenvalue weighted by Crippen LogP contribution is 2.30. The second-order valence-corrected chi connectivity index (χ2v) is 7.98. The molecule has 156 valence electrons. The number of nitrogens with zero attached hydrogens (tertiary/aromatic N) is 5. The van der Waals surface area contributed by atoms with Gasteiger partial charge >= 0.3 is 6.09 Å². The van der Waals surface area contributed by atoms with Gasteiger partial charge in [-0.25, -0.2) is 9.48 Å². The molecule has 2 aromatic heterocycles. The predicted octanol–water partition coefficient (Wildman–Crippen LogP) is 3.03. The standard InChI is InChI=1S/C21H22ClN5O3/c1-14-18-12-15-13-26(7-6-25-8-10-29-11-9-25)21(28)30-20(15)23-19(18)27(24-14)17-4-2-16(22)3-5-17/h2-5,12H,6-11,13H2,1H3. The molecule has 0 unspecified atom stereocenters. The Morgan fingerprint density at radius 1 is 1.13 bits per heavy atom. The normalized spacial score (nSPS) is 17.3. The lowest BCUT2D eigenvalue weighted by molar-refractivity contribution is 0.0328. The molecule has 1 fully saturated rings. The topological polar surface area (TPSA) is 72.7 Å².